The zero-order valence-electron chi connectivity index (χ0n) is 23.2. The number of carboxylic acids is 3. The summed E-state index contributed by atoms with van der Waals surface area (Å²) >= 11 is 1.93. The molecule has 2 aromatic rings. The maximum Gasteiger partial charge on any atom is 0.490 e. The number of nitrogens with zero attached hydrogens (tertiary/aromatic N) is 3. The highest BCUT2D eigenvalue weighted by molar-refractivity contribution is 7.11. The Kier molecular flexibility index (Phi) is 15.2. The van der Waals surface area contributed by atoms with Gasteiger partial charge in [0.2, 0.25) is 0 Å². The standard InChI is InChI=1S/C19H25N3OS.3C2HF3O2/c1-15-4-5-19(24-15)13-21-7-8-22-12-18(9-17(22)11-21)23-14-16-3-2-6-20-10-16;3*3-2(4,5)1(6)7/h2-6,10,17-18H,7-9,11-14H2,1H3;3*(H,6,7). The molecule has 0 radical (unpaired) electrons. The van der Waals surface area contributed by atoms with Crippen molar-refractivity contribution in [3.63, 3.8) is 0 Å². The monoisotopic (exact) mass is 685 g/mol. The Labute approximate surface area is 253 Å². The number of aliphatic carboxylic acids is 3. The molecule has 45 heavy (non-hydrogen) atoms. The first-order valence-electron chi connectivity index (χ1n) is 12.5. The first kappa shape index (κ1) is 39.5. The number of rotatable bonds is 5. The van der Waals surface area contributed by atoms with Gasteiger partial charge in [-0.25, -0.2) is 14.4 Å². The number of thiophene rings is 1. The molecule has 0 spiro atoms. The fraction of sp³-hybridized carbons (Fsp3) is 0.520. The molecule has 2 aromatic heterocycles. The van der Waals surface area contributed by atoms with Gasteiger partial charge in [-0.15, -0.1) is 11.3 Å². The van der Waals surface area contributed by atoms with Crippen molar-refractivity contribution in [2.24, 2.45) is 0 Å². The van der Waals surface area contributed by atoms with Crippen LogP contribution in [-0.2, 0) is 32.3 Å². The van der Waals surface area contributed by atoms with E-state index in [2.05, 4.69) is 39.9 Å². The van der Waals surface area contributed by atoms with E-state index in [-0.39, 0.29) is 0 Å². The molecular weight excluding hydrogens is 657 g/mol. The van der Waals surface area contributed by atoms with Crippen LogP contribution in [-0.4, -0.2) is 105 Å². The maximum atomic E-state index is 10.6. The molecule has 0 aliphatic carbocycles. The predicted octanol–water partition coefficient (Wildman–Crippen LogP) is 4.83. The number of hydrogen-bond donors (Lipinski definition) is 3. The van der Waals surface area contributed by atoms with Gasteiger partial charge in [0.05, 0.1) is 12.7 Å². The third-order valence-electron chi connectivity index (χ3n) is 5.77. The van der Waals surface area contributed by atoms with Crippen molar-refractivity contribution in [2.75, 3.05) is 26.2 Å². The molecule has 2 atom stereocenters. The van der Waals surface area contributed by atoms with Crippen molar-refractivity contribution in [1.82, 2.24) is 14.8 Å². The van der Waals surface area contributed by atoms with E-state index in [1.165, 1.54) is 29.4 Å². The summed E-state index contributed by atoms with van der Waals surface area (Å²) in [5.41, 5.74) is 1.16. The van der Waals surface area contributed by atoms with Crippen molar-refractivity contribution < 1.29 is 74.0 Å². The minimum absolute atomic E-state index is 0.360. The Morgan fingerprint density at radius 2 is 1.42 bits per heavy atom. The molecule has 2 aliphatic heterocycles. The van der Waals surface area contributed by atoms with E-state index in [1.54, 1.807) is 0 Å². The molecule has 10 nitrogen and oxygen atoms in total. The summed E-state index contributed by atoms with van der Waals surface area (Å²) in [5.74, 6) is -8.27. The van der Waals surface area contributed by atoms with E-state index in [4.69, 9.17) is 34.4 Å². The van der Waals surface area contributed by atoms with Crippen LogP contribution in [0.2, 0.25) is 0 Å². The normalized spacial score (nSPS) is 18.6. The van der Waals surface area contributed by atoms with Crippen LogP contribution >= 0.6 is 11.3 Å². The molecule has 2 unspecified atom stereocenters. The summed E-state index contributed by atoms with van der Waals surface area (Å²) in [7, 11) is 0. The topological polar surface area (TPSA) is 140 Å². The molecule has 4 rings (SSSR count). The first-order chi connectivity index (χ1) is 20.6. The molecule has 0 saturated carbocycles. The number of alkyl halides is 9. The third kappa shape index (κ3) is 15.9. The molecule has 20 heteroatoms. The van der Waals surface area contributed by atoms with Crippen LogP contribution in [0.15, 0.2) is 36.7 Å². The average Bonchev–Trinajstić information content (AvgIpc) is 3.52. The minimum Gasteiger partial charge on any atom is -0.475 e. The van der Waals surface area contributed by atoms with Gasteiger partial charge in [-0.1, -0.05) is 6.07 Å². The van der Waals surface area contributed by atoms with Crippen LogP contribution in [0.4, 0.5) is 39.5 Å². The summed E-state index contributed by atoms with van der Waals surface area (Å²) in [6.07, 6.45) is -10.0. The smallest absolute Gasteiger partial charge is 0.475 e. The number of aryl methyl sites for hydroxylation is 1. The minimum atomic E-state index is -5.08. The lowest BCUT2D eigenvalue weighted by atomic mass is 10.1. The number of fused-ring (bicyclic) bond motifs is 1. The second kappa shape index (κ2) is 17.3. The van der Waals surface area contributed by atoms with Gasteiger partial charge in [-0.3, -0.25) is 14.8 Å². The SMILES string of the molecule is Cc1ccc(CN2CCN3CC(OCc4cccnc4)CC3C2)s1.O=C(O)C(F)(F)F.O=C(O)C(F)(F)F.O=C(O)C(F)(F)F. The molecule has 0 aromatic carbocycles. The highest BCUT2D eigenvalue weighted by Crippen LogP contribution is 2.26. The van der Waals surface area contributed by atoms with Crippen LogP contribution in [0.3, 0.4) is 0 Å². The highest BCUT2D eigenvalue weighted by atomic mass is 32.1. The van der Waals surface area contributed by atoms with Gasteiger partial charge < -0.3 is 20.1 Å². The Morgan fingerprint density at radius 1 is 0.889 bits per heavy atom. The van der Waals surface area contributed by atoms with Gasteiger partial charge in [-0.05, 0) is 37.1 Å². The molecule has 2 fully saturated rings. The zero-order chi connectivity index (χ0) is 34.6. The number of ether oxygens (including phenoxy) is 1. The van der Waals surface area contributed by atoms with E-state index < -0.39 is 36.4 Å². The molecule has 3 N–H and O–H groups in total. The Bertz CT molecular complexity index is 1170. The van der Waals surface area contributed by atoms with Gasteiger partial charge in [0.25, 0.3) is 0 Å². The number of pyridine rings is 1. The molecule has 254 valence electrons. The Balaban J connectivity index is 0.000000396. The first-order valence-corrected chi connectivity index (χ1v) is 13.3. The zero-order valence-corrected chi connectivity index (χ0v) is 24.0. The highest BCUT2D eigenvalue weighted by Gasteiger charge is 2.40. The van der Waals surface area contributed by atoms with Crippen molar-refractivity contribution in [1.29, 1.82) is 0 Å². The average molecular weight is 686 g/mol. The maximum absolute atomic E-state index is 10.6. The summed E-state index contributed by atoms with van der Waals surface area (Å²) in [6, 6.07) is 9.22. The van der Waals surface area contributed by atoms with Crippen LogP contribution in [0.25, 0.3) is 0 Å². The van der Waals surface area contributed by atoms with Crippen LogP contribution in [0.5, 0.6) is 0 Å². The second-order valence-electron chi connectivity index (χ2n) is 9.33. The van der Waals surface area contributed by atoms with Crippen LogP contribution < -0.4 is 0 Å². The molecular formula is C25H28F9N3O7S. The molecule has 4 heterocycles. The quantitative estimate of drug-likeness (QED) is 0.375. The second-order valence-corrected chi connectivity index (χ2v) is 10.7. The summed E-state index contributed by atoms with van der Waals surface area (Å²) in [6.45, 7) is 8.56. The fourth-order valence-corrected chi connectivity index (χ4v) is 4.75. The largest absolute Gasteiger partial charge is 0.490 e. The van der Waals surface area contributed by atoms with Crippen LogP contribution in [0.1, 0.15) is 21.7 Å². The fourth-order valence-electron chi connectivity index (χ4n) is 3.81. The number of carbonyl (C=O) groups is 3. The van der Waals surface area contributed by atoms with E-state index in [1.807, 2.05) is 29.8 Å². The predicted molar refractivity (Wildman–Crippen MR) is 138 cm³/mol. The van der Waals surface area contributed by atoms with E-state index in [0.717, 1.165) is 25.1 Å². The number of aromatic nitrogens is 1. The lowest BCUT2D eigenvalue weighted by Gasteiger charge is -2.37. The lowest BCUT2D eigenvalue weighted by Crippen LogP contribution is -2.49. The van der Waals surface area contributed by atoms with E-state index in [9.17, 15) is 39.5 Å². The van der Waals surface area contributed by atoms with E-state index >= 15 is 0 Å². The van der Waals surface area contributed by atoms with E-state index in [0.29, 0.717) is 18.8 Å². The van der Waals surface area contributed by atoms with Gasteiger partial charge in [0.15, 0.2) is 0 Å². The number of halogens is 9. The third-order valence-corrected chi connectivity index (χ3v) is 6.76. The van der Waals surface area contributed by atoms with Crippen LogP contribution in [0, 0.1) is 6.92 Å². The van der Waals surface area contributed by atoms with Crippen molar-refractivity contribution in [3.8, 4) is 0 Å². The summed E-state index contributed by atoms with van der Waals surface area (Å²) < 4.78 is 101. The van der Waals surface area contributed by atoms with Crippen molar-refractivity contribution >= 4 is 29.2 Å². The number of carboxylic acid groups (broad SMARTS) is 3. The Morgan fingerprint density at radius 3 is 1.84 bits per heavy atom. The molecule has 0 amide bonds. The van der Waals surface area contributed by atoms with Gasteiger partial charge in [0, 0.05) is 60.9 Å². The molecule has 2 saturated heterocycles. The van der Waals surface area contributed by atoms with Gasteiger partial charge >= 0.3 is 36.4 Å². The van der Waals surface area contributed by atoms with Crippen molar-refractivity contribution in [3.05, 3.63) is 52.0 Å². The number of piperazine rings is 1. The van der Waals surface area contributed by atoms with Crippen molar-refractivity contribution in [2.45, 2.75) is 57.2 Å². The molecule has 2 aliphatic rings. The lowest BCUT2D eigenvalue weighted by molar-refractivity contribution is -0.193. The van der Waals surface area contributed by atoms with Gasteiger partial charge in [0.1, 0.15) is 0 Å². The summed E-state index contributed by atoms with van der Waals surface area (Å²) in [5, 5.41) is 21.4. The van der Waals surface area contributed by atoms with Gasteiger partial charge in [-0.2, -0.15) is 39.5 Å². The number of hydrogen-bond acceptors (Lipinski definition) is 8. The molecule has 0 bridgehead atoms. The Hall–Kier alpha value is -3.49. The summed E-state index contributed by atoms with van der Waals surface area (Å²) in [4.78, 5) is 39.0.